The summed E-state index contributed by atoms with van der Waals surface area (Å²) < 4.78 is 1.40. The van der Waals surface area contributed by atoms with E-state index >= 15 is 0 Å². The Balaban J connectivity index is 3.10. The van der Waals surface area contributed by atoms with Gasteiger partial charge in [0.25, 0.3) is 0 Å². The zero-order valence-corrected chi connectivity index (χ0v) is 11.0. The lowest BCUT2D eigenvalue weighted by atomic mass is 9.86. The maximum absolute atomic E-state index is 2.43. The molecule has 72 valence electrons. The lowest BCUT2D eigenvalue weighted by molar-refractivity contribution is 0.589. The van der Waals surface area contributed by atoms with Crippen molar-refractivity contribution in [2.45, 2.75) is 39.5 Å². The lowest BCUT2D eigenvalue weighted by Crippen LogP contribution is -2.11. The summed E-state index contributed by atoms with van der Waals surface area (Å²) in [5.74, 6) is 0. The summed E-state index contributed by atoms with van der Waals surface area (Å²) in [4.78, 5) is 0. The molecule has 0 spiro atoms. The molecule has 0 bridgehead atoms. The van der Waals surface area contributed by atoms with E-state index in [1.165, 1.54) is 14.7 Å². The van der Waals surface area contributed by atoms with E-state index in [9.17, 15) is 0 Å². The summed E-state index contributed by atoms with van der Waals surface area (Å²) in [7, 11) is 0. The van der Waals surface area contributed by atoms with E-state index in [1.54, 1.807) is 0 Å². The van der Waals surface area contributed by atoms with Gasteiger partial charge in [-0.3, -0.25) is 0 Å². The molecular formula is C12H17I. The molecule has 0 amide bonds. The first-order valence-corrected chi connectivity index (χ1v) is 5.82. The Morgan fingerprint density at radius 1 is 1.23 bits per heavy atom. The molecule has 1 aromatic carbocycles. The van der Waals surface area contributed by atoms with Crippen LogP contribution in [-0.2, 0) is 11.8 Å². The molecule has 1 aromatic rings. The van der Waals surface area contributed by atoms with Crippen molar-refractivity contribution in [3.63, 3.8) is 0 Å². The van der Waals surface area contributed by atoms with Crippen LogP contribution in [0.2, 0.25) is 0 Å². The molecule has 0 heterocycles. The Kier molecular flexibility index (Phi) is 3.38. The number of hydrogen-bond donors (Lipinski definition) is 0. The van der Waals surface area contributed by atoms with Crippen LogP contribution < -0.4 is 0 Å². The van der Waals surface area contributed by atoms with Crippen LogP contribution in [-0.4, -0.2) is 0 Å². The number of halogens is 1. The van der Waals surface area contributed by atoms with Crippen molar-refractivity contribution in [2.75, 3.05) is 0 Å². The van der Waals surface area contributed by atoms with Crippen LogP contribution in [0.5, 0.6) is 0 Å². The van der Waals surface area contributed by atoms with Crippen molar-refractivity contribution < 1.29 is 0 Å². The Morgan fingerprint density at radius 2 is 1.85 bits per heavy atom. The summed E-state index contributed by atoms with van der Waals surface area (Å²) >= 11 is 2.43. The molecule has 0 saturated heterocycles. The average Bonchev–Trinajstić information content (AvgIpc) is 2.02. The SMILES string of the molecule is CCc1ccc(C(C)(C)C)cc1I. The van der Waals surface area contributed by atoms with Gasteiger partial charge < -0.3 is 0 Å². The molecule has 0 nitrogen and oxygen atoms in total. The molecule has 1 heteroatoms. The quantitative estimate of drug-likeness (QED) is 0.681. The van der Waals surface area contributed by atoms with E-state index < -0.39 is 0 Å². The monoisotopic (exact) mass is 288 g/mol. The maximum atomic E-state index is 2.43. The predicted octanol–water partition coefficient (Wildman–Crippen LogP) is 4.15. The van der Waals surface area contributed by atoms with E-state index in [4.69, 9.17) is 0 Å². The van der Waals surface area contributed by atoms with Crippen LogP contribution in [0.3, 0.4) is 0 Å². The fourth-order valence-corrected chi connectivity index (χ4v) is 2.20. The Morgan fingerprint density at radius 3 is 2.23 bits per heavy atom. The molecule has 0 aromatic heterocycles. The molecule has 0 aliphatic carbocycles. The zero-order chi connectivity index (χ0) is 10.1. The van der Waals surface area contributed by atoms with E-state index in [0.29, 0.717) is 0 Å². The molecule has 1 rings (SSSR count). The molecular weight excluding hydrogens is 271 g/mol. The van der Waals surface area contributed by atoms with Gasteiger partial charge in [0, 0.05) is 3.57 Å². The van der Waals surface area contributed by atoms with Crippen LogP contribution in [0.4, 0.5) is 0 Å². The van der Waals surface area contributed by atoms with Gasteiger partial charge in [-0.05, 0) is 51.6 Å². The highest BCUT2D eigenvalue weighted by Gasteiger charge is 2.14. The van der Waals surface area contributed by atoms with Gasteiger partial charge in [-0.25, -0.2) is 0 Å². The third kappa shape index (κ3) is 2.70. The Hall–Kier alpha value is -0.0500. The predicted molar refractivity (Wildman–Crippen MR) is 67.2 cm³/mol. The first-order valence-electron chi connectivity index (χ1n) is 4.74. The van der Waals surface area contributed by atoms with Gasteiger partial charge in [-0.15, -0.1) is 0 Å². The van der Waals surface area contributed by atoms with Gasteiger partial charge in [0.05, 0.1) is 0 Å². The number of hydrogen-bond acceptors (Lipinski definition) is 0. The number of rotatable bonds is 1. The van der Waals surface area contributed by atoms with Crippen LogP contribution in [0.25, 0.3) is 0 Å². The topological polar surface area (TPSA) is 0 Å². The second-order valence-electron chi connectivity index (χ2n) is 4.41. The van der Waals surface area contributed by atoms with Gasteiger partial charge in [-0.1, -0.05) is 39.8 Å². The maximum Gasteiger partial charge on any atom is 0.0165 e. The minimum Gasteiger partial charge on any atom is -0.0613 e. The van der Waals surface area contributed by atoms with Crippen molar-refractivity contribution in [1.29, 1.82) is 0 Å². The molecule has 0 aliphatic rings. The number of benzene rings is 1. The van der Waals surface area contributed by atoms with E-state index in [2.05, 4.69) is 68.5 Å². The summed E-state index contributed by atoms with van der Waals surface area (Å²) in [6.45, 7) is 8.96. The highest BCUT2D eigenvalue weighted by Crippen LogP contribution is 2.25. The van der Waals surface area contributed by atoms with E-state index in [-0.39, 0.29) is 5.41 Å². The van der Waals surface area contributed by atoms with Gasteiger partial charge in [0.1, 0.15) is 0 Å². The minimum absolute atomic E-state index is 0.270. The average molecular weight is 288 g/mol. The van der Waals surface area contributed by atoms with Crippen LogP contribution in [0.1, 0.15) is 38.8 Å². The van der Waals surface area contributed by atoms with Crippen molar-refractivity contribution in [2.24, 2.45) is 0 Å². The normalized spacial score (nSPS) is 11.8. The fourth-order valence-electron chi connectivity index (χ4n) is 1.30. The smallest absolute Gasteiger partial charge is 0.0165 e. The summed E-state index contributed by atoms with van der Waals surface area (Å²) in [6, 6.07) is 6.81. The van der Waals surface area contributed by atoms with Gasteiger partial charge in [0.15, 0.2) is 0 Å². The summed E-state index contributed by atoms with van der Waals surface area (Å²) in [5.41, 5.74) is 3.15. The first kappa shape index (κ1) is 11.0. The van der Waals surface area contributed by atoms with Crippen LogP contribution >= 0.6 is 22.6 Å². The summed E-state index contributed by atoms with van der Waals surface area (Å²) in [6.07, 6.45) is 1.13. The molecule has 0 radical (unpaired) electrons. The molecule has 0 fully saturated rings. The largest absolute Gasteiger partial charge is 0.0613 e. The van der Waals surface area contributed by atoms with E-state index in [0.717, 1.165) is 6.42 Å². The minimum atomic E-state index is 0.270. The van der Waals surface area contributed by atoms with Gasteiger partial charge >= 0.3 is 0 Å². The molecule has 13 heavy (non-hydrogen) atoms. The number of aryl methyl sites for hydroxylation is 1. The summed E-state index contributed by atoms with van der Waals surface area (Å²) in [5, 5.41) is 0. The Bertz CT molecular complexity index is 294. The van der Waals surface area contributed by atoms with Gasteiger partial charge in [-0.2, -0.15) is 0 Å². The molecule has 0 unspecified atom stereocenters. The molecule has 0 N–H and O–H groups in total. The van der Waals surface area contributed by atoms with E-state index in [1.807, 2.05) is 0 Å². The second-order valence-corrected chi connectivity index (χ2v) is 5.57. The zero-order valence-electron chi connectivity index (χ0n) is 8.82. The highest BCUT2D eigenvalue weighted by molar-refractivity contribution is 14.1. The molecule has 0 aliphatic heterocycles. The van der Waals surface area contributed by atoms with Crippen LogP contribution in [0.15, 0.2) is 18.2 Å². The van der Waals surface area contributed by atoms with Crippen molar-refractivity contribution in [3.05, 3.63) is 32.9 Å². The molecule has 0 saturated carbocycles. The highest BCUT2D eigenvalue weighted by atomic mass is 127. The van der Waals surface area contributed by atoms with Gasteiger partial charge in [0.2, 0.25) is 0 Å². The van der Waals surface area contributed by atoms with Crippen molar-refractivity contribution >= 4 is 22.6 Å². The Labute approximate surface area is 94.9 Å². The fraction of sp³-hybridized carbons (Fsp3) is 0.500. The van der Waals surface area contributed by atoms with Crippen molar-refractivity contribution in [3.8, 4) is 0 Å². The first-order chi connectivity index (χ1) is 5.95. The second kappa shape index (κ2) is 3.99. The van der Waals surface area contributed by atoms with Crippen molar-refractivity contribution in [1.82, 2.24) is 0 Å². The standard InChI is InChI=1S/C12H17I/c1-5-9-6-7-10(8-11(9)13)12(2,3)4/h6-8H,5H2,1-4H3. The lowest BCUT2D eigenvalue weighted by Gasteiger charge is -2.19. The third-order valence-corrected chi connectivity index (χ3v) is 3.30. The third-order valence-electron chi connectivity index (χ3n) is 2.30. The molecule has 0 atom stereocenters. The van der Waals surface area contributed by atoms with Crippen LogP contribution in [0, 0.1) is 3.57 Å².